The van der Waals surface area contributed by atoms with Crippen molar-refractivity contribution in [1.82, 2.24) is 14.7 Å². The number of aryl methyl sites for hydroxylation is 2. The van der Waals surface area contributed by atoms with Gasteiger partial charge in [-0.15, -0.1) is 0 Å². The van der Waals surface area contributed by atoms with E-state index in [0.29, 0.717) is 5.56 Å². The van der Waals surface area contributed by atoms with Gasteiger partial charge in [0.05, 0.1) is 23.0 Å². The van der Waals surface area contributed by atoms with Gasteiger partial charge >= 0.3 is 0 Å². The number of hydrogen-bond donors (Lipinski definition) is 1. The molecule has 2 heterocycles. The average Bonchev–Trinajstić information content (AvgIpc) is 2.76. The summed E-state index contributed by atoms with van der Waals surface area (Å²) < 4.78 is 4.21. The molecule has 0 fully saturated rings. The summed E-state index contributed by atoms with van der Waals surface area (Å²) in [5.41, 5.74) is 2.37. The number of rotatable bonds is 4. The van der Waals surface area contributed by atoms with Crippen LogP contribution in [0.15, 0.2) is 24.4 Å². The maximum Gasteiger partial charge on any atom is 0.254 e. The largest absolute Gasteiger partial charge is 0.344 e. The molecule has 0 saturated carbocycles. The van der Waals surface area contributed by atoms with E-state index in [0.717, 1.165) is 22.7 Å². The highest BCUT2D eigenvalue weighted by molar-refractivity contribution is 7.06. The number of carbonyl (C=O) groups excluding carboxylic acids is 1. The van der Waals surface area contributed by atoms with E-state index in [4.69, 9.17) is 0 Å². The van der Waals surface area contributed by atoms with E-state index in [1.165, 1.54) is 11.5 Å². The van der Waals surface area contributed by atoms with Crippen molar-refractivity contribution < 1.29 is 4.79 Å². The molecule has 4 nitrogen and oxygen atoms in total. The molecule has 19 heavy (non-hydrogen) atoms. The topological polar surface area (TPSA) is 54.9 Å². The van der Waals surface area contributed by atoms with Crippen LogP contribution in [0.1, 0.15) is 46.0 Å². The summed E-state index contributed by atoms with van der Waals surface area (Å²) in [6, 6.07) is 5.67. The smallest absolute Gasteiger partial charge is 0.254 e. The Hall–Kier alpha value is -1.75. The van der Waals surface area contributed by atoms with Crippen LogP contribution in [0.4, 0.5) is 0 Å². The first-order valence-electron chi connectivity index (χ1n) is 6.28. The Kier molecular flexibility index (Phi) is 4.27. The highest BCUT2D eigenvalue weighted by Gasteiger charge is 2.19. The quantitative estimate of drug-likeness (QED) is 0.933. The number of aromatic nitrogens is 2. The van der Waals surface area contributed by atoms with Crippen LogP contribution in [-0.4, -0.2) is 15.3 Å². The van der Waals surface area contributed by atoms with Gasteiger partial charge in [-0.2, -0.15) is 4.37 Å². The van der Waals surface area contributed by atoms with Crippen molar-refractivity contribution in [3.63, 3.8) is 0 Å². The Labute approximate surface area is 117 Å². The first-order valence-corrected chi connectivity index (χ1v) is 7.05. The Morgan fingerprint density at radius 3 is 2.74 bits per heavy atom. The fourth-order valence-electron chi connectivity index (χ4n) is 2.00. The van der Waals surface area contributed by atoms with Crippen molar-refractivity contribution >= 4 is 17.4 Å². The molecule has 0 saturated heterocycles. The van der Waals surface area contributed by atoms with Gasteiger partial charge in [-0.25, -0.2) is 0 Å². The molecule has 1 atom stereocenters. The molecular weight excluding hydrogens is 258 g/mol. The van der Waals surface area contributed by atoms with Crippen LogP contribution in [0.25, 0.3) is 0 Å². The summed E-state index contributed by atoms with van der Waals surface area (Å²) in [6.07, 6.45) is 2.55. The predicted molar refractivity (Wildman–Crippen MR) is 76.3 cm³/mol. The van der Waals surface area contributed by atoms with Crippen LogP contribution >= 0.6 is 11.5 Å². The molecule has 0 spiro atoms. The van der Waals surface area contributed by atoms with Crippen LogP contribution in [0.5, 0.6) is 0 Å². The van der Waals surface area contributed by atoms with Gasteiger partial charge in [0.2, 0.25) is 0 Å². The second-order valence-corrected chi connectivity index (χ2v) is 5.37. The number of nitrogens with zero attached hydrogens (tertiary/aromatic N) is 2. The van der Waals surface area contributed by atoms with Crippen molar-refractivity contribution in [1.29, 1.82) is 0 Å². The fourth-order valence-corrected chi connectivity index (χ4v) is 2.70. The molecule has 0 unspecified atom stereocenters. The zero-order valence-corrected chi connectivity index (χ0v) is 12.1. The summed E-state index contributed by atoms with van der Waals surface area (Å²) in [5.74, 6) is -0.0683. The van der Waals surface area contributed by atoms with Gasteiger partial charge in [0.1, 0.15) is 0 Å². The molecule has 2 rings (SSSR count). The Bertz CT molecular complexity index is 546. The third-order valence-corrected chi connectivity index (χ3v) is 3.86. The SMILES string of the molecule is CC[C@@H](NC(=O)c1c(C)nsc1C)c1ccccn1. The summed E-state index contributed by atoms with van der Waals surface area (Å²) in [7, 11) is 0. The number of hydrogen-bond acceptors (Lipinski definition) is 4. The van der Waals surface area contributed by atoms with Crippen LogP contribution in [-0.2, 0) is 0 Å². The molecule has 0 radical (unpaired) electrons. The Morgan fingerprint density at radius 2 is 2.21 bits per heavy atom. The molecule has 2 aromatic heterocycles. The normalized spacial score (nSPS) is 12.2. The molecule has 0 aliphatic rings. The van der Waals surface area contributed by atoms with Crippen LogP contribution in [0.2, 0.25) is 0 Å². The predicted octanol–water partition coefficient (Wildman–Crippen LogP) is 3.04. The number of nitrogens with one attached hydrogen (secondary N) is 1. The number of pyridine rings is 1. The van der Waals surface area contributed by atoms with E-state index in [1.54, 1.807) is 6.20 Å². The van der Waals surface area contributed by atoms with Crippen molar-refractivity contribution in [3.05, 3.63) is 46.2 Å². The highest BCUT2D eigenvalue weighted by Crippen LogP contribution is 2.19. The van der Waals surface area contributed by atoms with E-state index >= 15 is 0 Å². The van der Waals surface area contributed by atoms with Crippen LogP contribution < -0.4 is 5.32 Å². The Morgan fingerprint density at radius 1 is 1.42 bits per heavy atom. The lowest BCUT2D eigenvalue weighted by Gasteiger charge is -2.16. The van der Waals surface area contributed by atoms with Crippen molar-refractivity contribution in [2.75, 3.05) is 0 Å². The standard InChI is InChI=1S/C14H17N3OS/c1-4-11(12-7-5-6-8-15-12)16-14(18)13-9(2)17-19-10(13)3/h5-8,11H,4H2,1-3H3,(H,16,18)/t11-/m1/s1. The van der Waals surface area contributed by atoms with Crippen molar-refractivity contribution in [2.45, 2.75) is 33.2 Å². The zero-order chi connectivity index (χ0) is 13.8. The van der Waals surface area contributed by atoms with E-state index in [2.05, 4.69) is 14.7 Å². The molecular formula is C14H17N3OS. The third kappa shape index (κ3) is 2.98. The van der Waals surface area contributed by atoms with Gasteiger partial charge in [-0.3, -0.25) is 9.78 Å². The minimum Gasteiger partial charge on any atom is -0.344 e. The maximum absolute atomic E-state index is 12.3. The molecule has 0 aliphatic heterocycles. The summed E-state index contributed by atoms with van der Waals surface area (Å²) >= 11 is 1.36. The molecule has 0 aromatic carbocycles. The van der Waals surface area contributed by atoms with Gasteiger partial charge in [-0.1, -0.05) is 13.0 Å². The fraction of sp³-hybridized carbons (Fsp3) is 0.357. The molecule has 2 aromatic rings. The lowest BCUT2D eigenvalue weighted by molar-refractivity contribution is 0.0934. The third-order valence-electron chi connectivity index (χ3n) is 3.02. The lowest BCUT2D eigenvalue weighted by atomic mass is 10.1. The van der Waals surface area contributed by atoms with Gasteiger partial charge in [0.25, 0.3) is 5.91 Å². The van der Waals surface area contributed by atoms with Gasteiger partial charge in [0.15, 0.2) is 0 Å². The van der Waals surface area contributed by atoms with Crippen molar-refractivity contribution in [3.8, 4) is 0 Å². The van der Waals surface area contributed by atoms with Gasteiger partial charge < -0.3 is 5.32 Å². The zero-order valence-electron chi connectivity index (χ0n) is 11.3. The maximum atomic E-state index is 12.3. The molecule has 1 N–H and O–H groups in total. The average molecular weight is 275 g/mol. The van der Waals surface area contributed by atoms with E-state index < -0.39 is 0 Å². The van der Waals surface area contributed by atoms with Gasteiger partial charge in [0, 0.05) is 11.1 Å². The Balaban J connectivity index is 2.18. The number of amides is 1. The van der Waals surface area contributed by atoms with Crippen molar-refractivity contribution in [2.24, 2.45) is 0 Å². The summed E-state index contributed by atoms with van der Waals surface area (Å²) in [6.45, 7) is 5.81. The second kappa shape index (κ2) is 5.93. The van der Waals surface area contributed by atoms with E-state index in [9.17, 15) is 4.79 Å². The highest BCUT2D eigenvalue weighted by atomic mass is 32.1. The molecule has 0 aliphatic carbocycles. The molecule has 1 amide bonds. The molecule has 5 heteroatoms. The monoisotopic (exact) mass is 275 g/mol. The number of carbonyl (C=O) groups is 1. The van der Waals surface area contributed by atoms with E-state index in [1.807, 2.05) is 39.0 Å². The first kappa shape index (κ1) is 13.7. The van der Waals surface area contributed by atoms with Gasteiger partial charge in [-0.05, 0) is 43.9 Å². The lowest BCUT2D eigenvalue weighted by Crippen LogP contribution is -2.29. The van der Waals surface area contributed by atoms with Crippen LogP contribution in [0, 0.1) is 13.8 Å². The van der Waals surface area contributed by atoms with E-state index in [-0.39, 0.29) is 11.9 Å². The summed E-state index contributed by atoms with van der Waals surface area (Å²) in [5, 5.41) is 3.03. The second-order valence-electron chi connectivity index (χ2n) is 4.39. The summed E-state index contributed by atoms with van der Waals surface area (Å²) in [4.78, 5) is 17.6. The first-order chi connectivity index (χ1) is 9.13. The molecule has 100 valence electrons. The molecule has 0 bridgehead atoms. The minimum absolute atomic E-state index is 0.0626. The minimum atomic E-state index is -0.0683. The van der Waals surface area contributed by atoms with Crippen LogP contribution in [0.3, 0.4) is 0 Å².